The summed E-state index contributed by atoms with van der Waals surface area (Å²) in [7, 11) is 0. The Kier molecular flexibility index (Phi) is 4.96. The third-order valence-electron chi connectivity index (χ3n) is 2.65. The van der Waals surface area contributed by atoms with Crippen molar-refractivity contribution in [1.29, 1.82) is 0 Å². The van der Waals surface area contributed by atoms with E-state index < -0.39 is 5.91 Å². The molecule has 5 heteroatoms. The van der Waals surface area contributed by atoms with Gasteiger partial charge in [-0.25, -0.2) is 0 Å². The fourth-order valence-corrected chi connectivity index (χ4v) is 2.09. The van der Waals surface area contributed by atoms with Crippen LogP contribution in [0.25, 0.3) is 0 Å². The summed E-state index contributed by atoms with van der Waals surface area (Å²) in [5.74, 6) is -0.00254. The summed E-state index contributed by atoms with van der Waals surface area (Å²) in [6, 6.07) is 5.57. The standard InChI is InChI=1S/C12H18BrN3O/c1-7(2)11(6-14)16-8-3-4-9(12(15)17)10(13)5-8/h3-5,7,11,16H,6,14H2,1-2H3,(H2,15,17). The summed E-state index contributed by atoms with van der Waals surface area (Å²) in [5, 5.41) is 3.33. The molecule has 17 heavy (non-hydrogen) atoms. The molecule has 1 unspecified atom stereocenters. The van der Waals surface area contributed by atoms with E-state index in [1.165, 1.54) is 0 Å². The number of carbonyl (C=O) groups excluding carboxylic acids is 1. The second-order valence-corrected chi connectivity index (χ2v) is 5.14. The third-order valence-corrected chi connectivity index (χ3v) is 3.30. The molecule has 0 heterocycles. The molecule has 1 amide bonds. The second-order valence-electron chi connectivity index (χ2n) is 4.29. The molecular formula is C12H18BrN3O. The number of hydrogen-bond acceptors (Lipinski definition) is 3. The Hall–Kier alpha value is -1.07. The maximum absolute atomic E-state index is 11.1. The Morgan fingerprint density at radius 1 is 1.47 bits per heavy atom. The van der Waals surface area contributed by atoms with Gasteiger partial charge < -0.3 is 16.8 Å². The van der Waals surface area contributed by atoms with Crippen LogP contribution < -0.4 is 16.8 Å². The van der Waals surface area contributed by atoms with Gasteiger partial charge in [-0.15, -0.1) is 0 Å². The molecule has 0 aliphatic heterocycles. The summed E-state index contributed by atoms with van der Waals surface area (Å²) in [6.07, 6.45) is 0. The first kappa shape index (κ1) is 14.0. The van der Waals surface area contributed by atoms with Crippen LogP contribution in [0.2, 0.25) is 0 Å². The van der Waals surface area contributed by atoms with Crippen LogP contribution in [0.1, 0.15) is 24.2 Å². The zero-order valence-electron chi connectivity index (χ0n) is 10.0. The first-order chi connectivity index (χ1) is 7.95. The van der Waals surface area contributed by atoms with Gasteiger partial charge in [0.15, 0.2) is 0 Å². The fraction of sp³-hybridized carbons (Fsp3) is 0.417. The van der Waals surface area contributed by atoms with Crippen molar-refractivity contribution in [3.05, 3.63) is 28.2 Å². The monoisotopic (exact) mass is 299 g/mol. The van der Waals surface area contributed by atoms with Gasteiger partial charge in [-0.2, -0.15) is 0 Å². The van der Waals surface area contributed by atoms with Gasteiger partial charge in [0.2, 0.25) is 5.91 Å². The normalized spacial score (nSPS) is 12.5. The topological polar surface area (TPSA) is 81.1 Å². The average molecular weight is 300 g/mol. The Labute approximate surface area is 110 Å². The van der Waals surface area contributed by atoms with Gasteiger partial charge >= 0.3 is 0 Å². The highest BCUT2D eigenvalue weighted by Gasteiger charge is 2.12. The Morgan fingerprint density at radius 2 is 2.12 bits per heavy atom. The van der Waals surface area contributed by atoms with E-state index in [9.17, 15) is 4.79 Å². The number of nitrogens with one attached hydrogen (secondary N) is 1. The number of carbonyl (C=O) groups is 1. The molecule has 1 aromatic carbocycles. The minimum absolute atomic E-state index is 0.210. The number of benzene rings is 1. The van der Waals surface area contributed by atoms with Gasteiger partial charge in [-0.3, -0.25) is 4.79 Å². The number of anilines is 1. The molecule has 1 rings (SSSR count). The summed E-state index contributed by atoms with van der Waals surface area (Å²) < 4.78 is 0.689. The van der Waals surface area contributed by atoms with E-state index in [-0.39, 0.29) is 6.04 Å². The van der Waals surface area contributed by atoms with Crippen LogP contribution in [0.5, 0.6) is 0 Å². The van der Waals surface area contributed by atoms with Gasteiger partial charge in [0.1, 0.15) is 0 Å². The van der Waals surface area contributed by atoms with Crippen LogP contribution in [0.15, 0.2) is 22.7 Å². The van der Waals surface area contributed by atoms with E-state index in [4.69, 9.17) is 11.5 Å². The van der Waals surface area contributed by atoms with Crippen molar-refractivity contribution in [1.82, 2.24) is 0 Å². The van der Waals surface area contributed by atoms with E-state index >= 15 is 0 Å². The molecule has 0 fully saturated rings. The van der Waals surface area contributed by atoms with Gasteiger partial charge in [-0.05, 0) is 40.0 Å². The number of rotatable bonds is 5. The quantitative estimate of drug-likeness (QED) is 0.777. The average Bonchev–Trinajstić information content (AvgIpc) is 2.24. The maximum Gasteiger partial charge on any atom is 0.249 e. The molecule has 5 N–H and O–H groups in total. The molecule has 1 aromatic rings. The summed E-state index contributed by atoms with van der Waals surface area (Å²) in [5.41, 5.74) is 12.3. The van der Waals surface area contributed by atoms with Gasteiger partial charge in [0.25, 0.3) is 0 Å². The lowest BCUT2D eigenvalue weighted by atomic mass is 10.0. The van der Waals surface area contributed by atoms with Crippen molar-refractivity contribution in [2.24, 2.45) is 17.4 Å². The predicted octanol–water partition coefficient (Wildman–Crippen LogP) is 1.94. The minimum atomic E-state index is -0.442. The predicted molar refractivity (Wildman–Crippen MR) is 74.0 cm³/mol. The van der Waals surface area contributed by atoms with E-state index in [2.05, 4.69) is 35.1 Å². The zero-order chi connectivity index (χ0) is 13.0. The highest BCUT2D eigenvalue weighted by atomic mass is 79.9. The van der Waals surface area contributed by atoms with Crippen molar-refractivity contribution < 1.29 is 4.79 Å². The summed E-state index contributed by atoms with van der Waals surface area (Å²) in [4.78, 5) is 11.1. The molecule has 0 aromatic heterocycles. The Balaban J connectivity index is 2.87. The van der Waals surface area contributed by atoms with Crippen LogP contribution in [0.4, 0.5) is 5.69 Å². The van der Waals surface area contributed by atoms with Crippen LogP contribution in [0.3, 0.4) is 0 Å². The SMILES string of the molecule is CC(C)C(CN)Nc1ccc(C(N)=O)c(Br)c1. The smallest absolute Gasteiger partial charge is 0.249 e. The lowest BCUT2D eigenvalue weighted by Gasteiger charge is -2.22. The van der Waals surface area contributed by atoms with Crippen LogP contribution in [0, 0.1) is 5.92 Å². The van der Waals surface area contributed by atoms with Gasteiger partial charge in [0, 0.05) is 22.7 Å². The van der Waals surface area contributed by atoms with E-state index in [1.54, 1.807) is 6.07 Å². The first-order valence-corrected chi connectivity index (χ1v) is 6.31. The van der Waals surface area contributed by atoms with Crippen LogP contribution in [-0.2, 0) is 0 Å². The Bertz CT molecular complexity index is 407. The Morgan fingerprint density at radius 3 is 2.53 bits per heavy atom. The fourth-order valence-electron chi connectivity index (χ4n) is 1.52. The van der Waals surface area contributed by atoms with E-state index in [0.717, 1.165) is 5.69 Å². The third kappa shape index (κ3) is 3.71. The van der Waals surface area contributed by atoms with E-state index in [0.29, 0.717) is 22.5 Å². The second kappa shape index (κ2) is 6.02. The van der Waals surface area contributed by atoms with Crippen molar-refractivity contribution >= 4 is 27.5 Å². The molecule has 1 atom stereocenters. The highest BCUT2D eigenvalue weighted by Crippen LogP contribution is 2.22. The molecular weight excluding hydrogens is 282 g/mol. The molecule has 0 aliphatic carbocycles. The van der Waals surface area contributed by atoms with Crippen molar-refractivity contribution in [3.8, 4) is 0 Å². The largest absolute Gasteiger partial charge is 0.381 e. The zero-order valence-corrected chi connectivity index (χ0v) is 11.6. The molecule has 0 saturated carbocycles. The molecule has 94 valence electrons. The number of hydrogen-bond donors (Lipinski definition) is 3. The summed E-state index contributed by atoms with van der Waals surface area (Å²) in [6.45, 7) is 4.78. The minimum Gasteiger partial charge on any atom is -0.381 e. The molecule has 0 aliphatic rings. The van der Waals surface area contributed by atoms with Crippen molar-refractivity contribution in [3.63, 3.8) is 0 Å². The van der Waals surface area contributed by atoms with Gasteiger partial charge in [-0.1, -0.05) is 13.8 Å². The molecule has 0 saturated heterocycles. The molecule has 0 bridgehead atoms. The highest BCUT2D eigenvalue weighted by molar-refractivity contribution is 9.10. The van der Waals surface area contributed by atoms with Gasteiger partial charge in [0.05, 0.1) is 5.56 Å². The van der Waals surface area contributed by atoms with E-state index in [1.807, 2.05) is 12.1 Å². The van der Waals surface area contributed by atoms with Crippen molar-refractivity contribution in [2.45, 2.75) is 19.9 Å². The number of nitrogens with two attached hydrogens (primary N) is 2. The van der Waals surface area contributed by atoms with Crippen LogP contribution in [-0.4, -0.2) is 18.5 Å². The number of primary amides is 1. The lowest BCUT2D eigenvalue weighted by molar-refractivity contribution is 0.0999. The molecule has 0 radical (unpaired) electrons. The summed E-state index contributed by atoms with van der Waals surface area (Å²) >= 11 is 3.32. The van der Waals surface area contributed by atoms with Crippen LogP contribution >= 0.6 is 15.9 Å². The lowest BCUT2D eigenvalue weighted by Crippen LogP contribution is -2.33. The molecule has 4 nitrogen and oxygen atoms in total. The maximum atomic E-state index is 11.1. The van der Waals surface area contributed by atoms with Crippen molar-refractivity contribution in [2.75, 3.05) is 11.9 Å². The number of amides is 1. The molecule has 0 spiro atoms. The number of halogens is 1. The first-order valence-electron chi connectivity index (χ1n) is 5.51.